The molecule has 0 amide bonds. The van der Waals surface area contributed by atoms with E-state index in [1.807, 2.05) is 25.3 Å². The first-order valence-electron chi connectivity index (χ1n) is 12.1. The Morgan fingerprint density at radius 3 is 2.41 bits per heavy atom. The summed E-state index contributed by atoms with van der Waals surface area (Å²) >= 11 is 6.13. The van der Waals surface area contributed by atoms with Crippen LogP contribution in [0.15, 0.2) is 30.5 Å². The lowest BCUT2D eigenvalue weighted by molar-refractivity contribution is -0.503. The van der Waals surface area contributed by atoms with Gasteiger partial charge in [-0.15, -0.1) is 0 Å². The number of pyridine rings is 1. The second kappa shape index (κ2) is 9.43. The van der Waals surface area contributed by atoms with E-state index in [0.717, 1.165) is 47.3 Å². The molecule has 3 aliphatic rings. The summed E-state index contributed by atoms with van der Waals surface area (Å²) in [6, 6.07) is 9.60. The standard InChI is InChI=1S/C25H34ClN3O3/c1-16-17(2)31-32-25(30-16)12-9-21(10-13-25)28-19-4-6-20(7-5-19)29-23-11-14-27-24-15-18(26)3-8-22(23)24/h3,8,11,14-17,19-21,28H,4-7,9-10,12-13H2,1-2H3,(H,27,29). The van der Waals surface area contributed by atoms with Crippen molar-refractivity contribution < 1.29 is 14.5 Å². The van der Waals surface area contributed by atoms with Gasteiger partial charge in [0.1, 0.15) is 6.10 Å². The van der Waals surface area contributed by atoms with Crippen LogP contribution in [0, 0.1) is 0 Å². The van der Waals surface area contributed by atoms with Gasteiger partial charge >= 0.3 is 0 Å². The highest BCUT2D eigenvalue weighted by atomic mass is 35.5. The van der Waals surface area contributed by atoms with Crippen LogP contribution in [0.4, 0.5) is 5.69 Å². The van der Waals surface area contributed by atoms with Crippen LogP contribution in [0.5, 0.6) is 0 Å². The summed E-state index contributed by atoms with van der Waals surface area (Å²) in [5, 5.41) is 9.53. The zero-order chi connectivity index (χ0) is 22.1. The summed E-state index contributed by atoms with van der Waals surface area (Å²) in [4.78, 5) is 15.6. The topological polar surface area (TPSA) is 64.6 Å². The van der Waals surface area contributed by atoms with Gasteiger partial charge in [0.05, 0.1) is 11.6 Å². The van der Waals surface area contributed by atoms with Gasteiger partial charge in [0.15, 0.2) is 0 Å². The van der Waals surface area contributed by atoms with Crippen LogP contribution in [0.2, 0.25) is 5.02 Å². The average molecular weight is 460 g/mol. The molecule has 32 heavy (non-hydrogen) atoms. The maximum absolute atomic E-state index is 6.18. The normalized spacial score (nSPS) is 35.8. The van der Waals surface area contributed by atoms with Crippen molar-refractivity contribution in [1.82, 2.24) is 10.3 Å². The lowest BCUT2D eigenvalue weighted by Gasteiger charge is -2.45. The number of halogens is 1. The lowest BCUT2D eigenvalue weighted by Crippen LogP contribution is -2.53. The number of hydrogen-bond acceptors (Lipinski definition) is 6. The maximum Gasteiger partial charge on any atom is 0.202 e. The lowest BCUT2D eigenvalue weighted by atomic mass is 9.86. The van der Waals surface area contributed by atoms with Gasteiger partial charge in [0, 0.05) is 53.3 Å². The molecule has 2 heterocycles. The van der Waals surface area contributed by atoms with Crippen LogP contribution < -0.4 is 10.6 Å². The smallest absolute Gasteiger partial charge is 0.202 e. The number of anilines is 1. The molecule has 0 radical (unpaired) electrons. The fourth-order valence-electron chi connectivity index (χ4n) is 5.33. The SMILES string of the molecule is CC1OOC2(CCC(NC3CCC(Nc4ccnc5cc(Cl)ccc45)CC3)CC2)OC1C. The zero-order valence-corrected chi connectivity index (χ0v) is 19.7. The Morgan fingerprint density at radius 2 is 1.66 bits per heavy atom. The molecule has 2 saturated carbocycles. The monoisotopic (exact) mass is 459 g/mol. The molecule has 1 aliphatic heterocycles. The van der Waals surface area contributed by atoms with E-state index in [1.165, 1.54) is 25.7 Å². The molecule has 2 aliphatic carbocycles. The number of benzene rings is 1. The van der Waals surface area contributed by atoms with E-state index in [-0.39, 0.29) is 12.2 Å². The number of fused-ring (bicyclic) bond motifs is 1. The van der Waals surface area contributed by atoms with E-state index < -0.39 is 5.79 Å². The van der Waals surface area contributed by atoms with Crippen molar-refractivity contribution >= 4 is 28.2 Å². The summed E-state index contributed by atoms with van der Waals surface area (Å²) in [6.45, 7) is 4.05. The first-order valence-corrected chi connectivity index (χ1v) is 12.5. The van der Waals surface area contributed by atoms with E-state index in [2.05, 4.69) is 34.7 Å². The molecule has 3 fully saturated rings. The molecule has 2 atom stereocenters. The second-order valence-corrected chi connectivity index (χ2v) is 10.2. The summed E-state index contributed by atoms with van der Waals surface area (Å²) in [5.41, 5.74) is 2.09. The quantitative estimate of drug-likeness (QED) is 0.580. The van der Waals surface area contributed by atoms with Crippen molar-refractivity contribution in [3.05, 3.63) is 35.5 Å². The van der Waals surface area contributed by atoms with Gasteiger partial charge in [-0.05, 0) is 76.6 Å². The number of rotatable bonds is 4. The Morgan fingerprint density at radius 1 is 0.938 bits per heavy atom. The third-order valence-electron chi connectivity index (χ3n) is 7.42. The van der Waals surface area contributed by atoms with Crippen LogP contribution >= 0.6 is 11.6 Å². The van der Waals surface area contributed by atoms with Crippen molar-refractivity contribution in [1.29, 1.82) is 0 Å². The van der Waals surface area contributed by atoms with Gasteiger partial charge in [0.2, 0.25) is 5.79 Å². The third kappa shape index (κ3) is 4.90. The molecule has 2 unspecified atom stereocenters. The molecule has 1 aromatic carbocycles. The van der Waals surface area contributed by atoms with Crippen molar-refractivity contribution in [2.75, 3.05) is 5.32 Å². The van der Waals surface area contributed by atoms with Gasteiger partial charge in [-0.2, -0.15) is 0 Å². The van der Waals surface area contributed by atoms with E-state index in [4.69, 9.17) is 26.1 Å². The van der Waals surface area contributed by atoms with Gasteiger partial charge in [-0.1, -0.05) is 11.6 Å². The minimum atomic E-state index is -0.538. The Hall–Kier alpha value is -1.44. The van der Waals surface area contributed by atoms with E-state index >= 15 is 0 Å². The molecule has 6 nitrogen and oxygen atoms in total. The number of hydrogen-bond donors (Lipinski definition) is 2. The van der Waals surface area contributed by atoms with E-state index in [1.54, 1.807) is 0 Å². The molecule has 2 N–H and O–H groups in total. The van der Waals surface area contributed by atoms with Gasteiger partial charge in [-0.25, -0.2) is 9.78 Å². The van der Waals surface area contributed by atoms with Crippen molar-refractivity contribution in [3.63, 3.8) is 0 Å². The first-order chi connectivity index (χ1) is 15.5. The summed E-state index contributed by atoms with van der Waals surface area (Å²) in [5.74, 6) is -0.538. The number of ether oxygens (including phenoxy) is 1. The number of nitrogens with one attached hydrogen (secondary N) is 2. The third-order valence-corrected chi connectivity index (χ3v) is 7.66. The van der Waals surface area contributed by atoms with Crippen LogP contribution in [-0.4, -0.2) is 41.1 Å². The van der Waals surface area contributed by atoms with E-state index in [9.17, 15) is 0 Å². The Labute approximate surface area is 195 Å². The van der Waals surface area contributed by atoms with Crippen LogP contribution in [0.1, 0.15) is 65.2 Å². The Bertz CT molecular complexity index is 926. The molecule has 2 aromatic rings. The minimum Gasteiger partial charge on any atom is -0.382 e. The summed E-state index contributed by atoms with van der Waals surface area (Å²) in [6.07, 6.45) is 10.5. The number of aromatic nitrogens is 1. The van der Waals surface area contributed by atoms with Gasteiger partial charge in [0.25, 0.3) is 0 Å². The van der Waals surface area contributed by atoms with Gasteiger partial charge in [-0.3, -0.25) is 4.98 Å². The molecular weight excluding hydrogens is 426 g/mol. The molecule has 1 saturated heterocycles. The predicted molar refractivity (Wildman–Crippen MR) is 127 cm³/mol. The van der Waals surface area contributed by atoms with Crippen LogP contribution in [0.3, 0.4) is 0 Å². The second-order valence-electron chi connectivity index (χ2n) is 9.77. The highest BCUT2D eigenvalue weighted by Crippen LogP contribution is 2.38. The van der Waals surface area contributed by atoms with Crippen molar-refractivity contribution in [2.24, 2.45) is 0 Å². The molecule has 1 spiro atoms. The molecule has 5 rings (SSSR count). The largest absolute Gasteiger partial charge is 0.382 e. The summed E-state index contributed by atoms with van der Waals surface area (Å²) < 4.78 is 6.18. The predicted octanol–water partition coefficient (Wildman–Crippen LogP) is 5.60. The molecule has 174 valence electrons. The zero-order valence-electron chi connectivity index (χ0n) is 19.0. The number of nitrogens with zero attached hydrogens (tertiary/aromatic N) is 1. The highest BCUT2D eigenvalue weighted by Gasteiger charge is 2.44. The van der Waals surface area contributed by atoms with Crippen LogP contribution in [0.25, 0.3) is 10.9 Å². The summed E-state index contributed by atoms with van der Waals surface area (Å²) in [7, 11) is 0. The molecular formula is C25H34ClN3O3. The highest BCUT2D eigenvalue weighted by molar-refractivity contribution is 6.31. The van der Waals surface area contributed by atoms with E-state index in [0.29, 0.717) is 18.1 Å². The molecule has 0 bridgehead atoms. The minimum absolute atomic E-state index is 0.0109. The maximum atomic E-state index is 6.18. The van der Waals surface area contributed by atoms with Crippen LogP contribution in [-0.2, 0) is 14.5 Å². The van der Waals surface area contributed by atoms with Crippen molar-refractivity contribution in [3.8, 4) is 0 Å². The fraction of sp³-hybridized carbons (Fsp3) is 0.640. The Balaban J connectivity index is 1.09. The molecule has 7 heteroatoms. The fourth-order valence-corrected chi connectivity index (χ4v) is 5.49. The first kappa shape index (κ1) is 22.4. The average Bonchev–Trinajstić information content (AvgIpc) is 2.79. The van der Waals surface area contributed by atoms with Gasteiger partial charge < -0.3 is 15.4 Å². The molecule has 1 aromatic heterocycles. The van der Waals surface area contributed by atoms with Crippen molar-refractivity contribution in [2.45, 2.75) is 101 Å². The Kier molecular flexibility index (Phi) is 6.59.